The molecule has 0 amide bonds. The molecular formula is C10H10N6OS. The molecule has 3 rings (SSSR count). The number of nitrogens with two attached hydrogens (primary N) is 1. The van der Waals surface area contributed by atoms with Crippen molar-refractivity contribution in [3.8, 4) is 11.4 Å². The molecule has 0 aliphatic heterocycles. The summed E-state index contributed by atoms with van der Waals surface area (Å²) in [4.78, 5) is 4.65. The Balaban J connectivity index is 2.11. The lowest BCUT2D eigenvalue weighted by Gasteiger charge is -2.00. The topological polar surface area (TPSA) is 102 Å². The SMILES string of the molecule is NCC(O)c1nn2c(-c3cccnc3)nnc2s1. The number of hydrogen-bond acceptors (Lipinski definition) is 7. The van der Waals surface area contributed by atoms with Crippen molar-refractivity contribution >= 4 is 16.3 Å². The van der Waals surface area contributed by atoms with Crippen LogP contribution in [0.3, 0.4) is 0 Å². The van der Waals surface area contributed by atoms with Crippen molar-refractivity contribution in [2.45, 2.75) is 6.10 Å². The van der Waals surface area contributed by atoms with Crippen LogP contribution in [0.5, 0.6) is 0 Å². The summed E-state index contributed by atoms with van der Waals surface area (Å²) >= 11 is 1.27. The lowest BCUT2D eigenvalue weighted by atomic mass is 10.3. The Morgan fingerprint density at radius 3 is 3.06 bits per heavy atom. The maximum Gasteiger partial charge on any atom is 0.235 e. The minimum atomic E-state index is -0.765. The first-order chi connectivity index (χ1) is 8.79. The molecule has 1 atom stereocenters. The molecule has 0 aliphatic carbocycles. The molecule has 1 unspecified atom stereocenters. The van der Waals surface area contributed by atoms with Crippen LogP contribution in [0.15, 0.2) is 24.5 Å². The van der Waals surface area contributed by atoms with Crippen molar-refractivity contribution in [2.24, 2.45) is 5.73 Å². The van der Waals surface area contributed by atoms with Gasteiger partial charge >= 0.3 is 0 Å². The third-order valence-electron chi connectivity index (χ3n) is 2.43. The standard InChI is InChI=1S/C10H10N6OS/c11-4-7(17)9-15-16-8(13-14-10(16)18-9)6-2-1-3-12-5-6/h1-3,5,7,17H,4,11H2. The van der Waals surface area contributed by atoms with Crippen LogP contribution in [0.4, 0.5) is 0 Å². The zero-order chi connectivity index (χ0) is 12.5. The molecule has 0 spiro atoms. The van der Waals surface area contributed by atoms with Gasteiger partial charge in [-0.25, -0.2) is 0 Å². The number of aliphatic hydroxyl groups excluding tert-OH is 1. The third kappa shape index (κ3) is 1.76. The van der Waals surface area contributed by atoms with Crippen molar-refractivity contribution in [1.29, 1.82) is 0 Å². The number of aliphatic hydroxyl groups is 1. The highest BCUT2D eigenvalue weighted by Crippen LogP contribution is 2.23. The van der Waals surface area contributed by atoms with Crippen LogP contribution in [0, 0.1) is 0 Å². The molecule has 0 bridgehead atoms. The Morgan fingerprint density at radius 1 is 1.44 bits per heavy atom. The van der Waals surface area contributed by atoms with Crippen LogP contribution in [0.25, 0.3) is 16.3 Å². The third-order valence-corrected chi connectivity index (χ3v) is 3.43. The Labute approximate surface area is 106 Å². The maximum absolute atomic E-state index is 9.66. The summed E-state index contributed by atoms with van der Waals surface area (Å²) in [7, 11) is 0. The van der Waals surface area contributed by atoms with Gasteiger partial charge in [0.15, 0.2) is 5.82 Å². The second kappa shape index (κ2) is 4.41. The Bertz CT molecular complexity index is 663. The van der Waals surface area contributed by atoms with E-state index in [1.807, 2.05) is 12.1 Å². The van der Waals surface area contributed by atoms with E-state index < -0.39 is 6.10 Å². The average molecular weight is 262 g/mol. The van der Waals surface area contributed by atoms with E-state index in [2.05, 4.69) is 20.3 Å². The molecule has 3 aromatic rings. The van der Waals surface area contributed by atoms with Gasteiger partial charge in [0.05, 0.1) is 0 Å². The zero-order valence-electron chi connectivity index (χ0n) is 9.26. The van der Waals surface area contributed by atoms with Crippen molar-refractivity contribution in [2.75, 3.05) is 6.54 Å². The van der Waals surface area contributed by atoms with Gasteiger partial charge in [-0.15, -0.1) is 10.2 Å². The van der Waals surface area contributed by atoms with Crippen molar-refractivity contribution in [3.63, 3.8) is 0 Å². The molecule has 0 aromatic carbocycles. The molecule has 7 nitrogen and oxygen atoms in total. The Kier molecular flexibility index (Phi) is 2.74. The van der Waals surface area contributed by atoms with Crippen LogP contribution < -0.4 is 5.73 Å². The zero-order valence-corrected chi connectivity index (χ0v) is 10.1. The fourth-order valence-corrected chi connectivity index (χ4v) is 2.38. The molecule has 3 heterocycles. The van der Waals surface area contributed by atoms with Crippen LogP contribution >= 0.6 is 11.3 Å². The van der Waals surface area contributed by atoms with E-state index in [4.69, 9.17) is 5.73 Å². The molecule has 18 heavy (non-hydrogen) atoms. The van der Waals surface area contributed by atoms with E-state index >= 15 is 0 Å². The van der Waals surface area contributed by atoms with Crippen LogP contribution in [-0.2, 0) is 0 Å². The summed E-state index contributed by atoms with van der Waals surface area (Å²) in [5, 5.41) is 22.5. The minimum Gasteiger partial charge on any atom is -0.385 e. The van der Waals surface area contributed by atoms with Gasteiger partial charge in [0.25, 0.3) is 0 Å². The number of fused-ring (bicyclic) bond motifs is 1. The van der Waals surface area contributed by atoms with Gasteiger partial charge in [-0.3, -0.25) is 4.98 Å². The number of pyridine rings is 1. The predicted octanol–water partition coefficient (Wildman–Crippen LogP) is 0.240. The molecule has 0 fully saturated rings. The van der Waals surface area contributed by atoms with E-state index in [1.54, 1.807) is 16.9 Å². The summed E-state index contributed by atoms with van der Waals surface area (Å²) in [5.41, 5.74) is 6.23. The van der Waals surface area contributed by atoms with E-state index in [0.29, 0.717) is 15.8 Å². The summed E-state index contributed by atoms with van der Waals surface area (Å²) in [6.07, 6.45) is 2.61. The van der Waals surface area contributed by atoms with Gasteiger partial charge < -0.3 is 10.8 Å². The molecular weight excluding hydrogens is 252 g/mol. The quantitative estimate of drug-likeness (QED) is 0.701. The van der Waals surface area contributed by atoms with Crippen LogP contribution in [-0.4, -0.2) is 36.4 Å². The van der Waals surface area contributed by atoms with Crippen molar-refractivity contribution in [3.05, 3.63) is 29.5 Å². The largest absolute Gasteiger partial charge is 0.385 e. The highest BCUT2D eigenvalue weighted by atomic mass is 32.1. The number of aromatic nitrogens is 5. The smallest absolute Gasteiger partial charge is 0.235 e. The molecule has 3 N–H and O–H groups in total. The molecule has 0 aliphatic rings. The number of rotatable bonds is 3. The summed E-state index contributed by atoms with van der Waals surface area (Å²) in [5.74, 6) is 0.602. The average Bonchev–Trinajstić information content (AvgIpc) is 2.98. The summed E-state index contributed by atoms with van der Waals surface area (Å²) in [6.45, 7) is 0.131. The highest BCUT2D eigenvalue weighted by Gasteiger charge is 2.17. The van der Waals surface area contributed by atoms with Crippen molar-refractivity contribution < 1.29 is 5.11 Å². The minimum absolute atomic E-state index is 0.131. The van der Waals surface area contributed by atoms with E-state index in [9.17, 15) is 5.11 Å². The lowest BCUT2D eigenvalue weighted by Crippen LogP contribution is -2.11. The van der Waals surface area contributed by atoms with Gasteiger partial charge in [-0.2, -0.15) is 9.61 Å². The van der Waals surface area contributed by atoms with Gasteiger partial charge in [-0.1, -0.05) is 11.3 Å². The molecule has 8 heteroatoms. The first-order valence-electron chi connectivity index (χ1n) is 5.30. The van der Waals surface area contributed by atoms with E-state index in [1.165, 1.54) is 11.3 Å². The van der Waals surface area contributed by atoms with Gasteiger partial charge in [0, 0.05) is 24.5 Å². The fraction of sp³-hybridized carbons (Fsp3) is 0.200. The molecule has 0 saturated carbocycles. The fourth-order valence-electron chi connectivity index (χ4n) is 1.54. The normalized spacial score (nSPS) is 13.0. The molecule has 0 radical (unpaired) electrons. The monoisotopic (exact) mass is 262 g/mol. The van der Waals surface area contributed by atoms with Crippen molar-refractivity contribution in [1.82, 2.24) is 24.8 Å². The second-order valence-corrected chi connectivity index (χ2v) is 4.64. The number of hydrogen-bond donors (Lipinski definition) is 2. The Morgan fingerprint density at radius 2 is 2.33 bits per heavy atom. The molecule has 0 saturated heterocycles. The molecule has 92 valence electrons. The maximum atomic E-state index is 9.66. The summed E-state index contributed by atoms with van der Waals surface area (Å²) in [6, 6.07) is 3.69. The van der Waals surface area contributed by atoms with Gasteiger partial charge in [0.2, 0.25) is 4.96 Å². The lowest BCUT2D eigenvalue weighted by molar-refractivity contribution is 0.185. The first kappa shape index (κ1) is 11.2. The van der Waals surface area contributed by atoms with Crippen LogP contribution in [0.2, 0.25) is 0 Å². The van der Waals surface area contributed by atoms with E-state index in [-0.39, 0.29) is 6.54 Å². The first-order valence-corrected chi connectivity index (χ1v) is 6.12. The predicted molar refractivity (Wildman–Crippen MR) is 65.9 cm³/mol. The Hall–Kier alpha value is -1.90. The number of nitrogens with zero attached hydrogens (tertiary/aromatic N) is 5. The highest BCUT2D eigenvalue weighted by molar-refractivity contribution is 7.16. The second-order valence-electron chi connectivity index (χ2n) is 3.65. The van der Waals surface area contributed by atoms with Gasteiger partial charge in [-0.05, 0) is 12.1 Å². The summed E-state index contributed by atoms with van der Waals surface area (Å²) < 4.78 is 1.59. The van der Waals surface area contributed by atoms with E-state index in [0.717, 1.165) is 5.56 Å². The van der Waals surface area contributed by atoms with Crippen LogP contribution in [0.1, 0.15) is 11.1 Å². The van der Waals surface area contributed by atoms with Gasteiger partial charge in [0.1, 0.15) is 11.1 Å². The molecule has 3 aromatic heterocycles.